The van der Waals surface area contributed by atoms with Gasteiger partial charge in [-0.1, -0.05) is 20.8 Å². The van der Waals surface area contributed by atoms with Gasteiger partial charge in [-0.3, -0.25) is 5.41 Å². The van der Waals surface area contributed by atoms with E-state index in [4.69, 9.17) is 5.41 Å². The third kappa shape index (κ3) is 4.81. The van der Waals surface area contributed by atoms with Gasteiger partial charge in [0, 0.05) is 19.3 Å². The Hall–Kier alpha value is -1.06. The summed E-state index contributed by atoms with van der Waals surface area (Å²) >= 11 is 0. The van der Waals surface area contributed by atoms with Crippen LogP contribution >= 0.6 is 0 Å². The van der Waals surface area contributed by atoms with Crippen molar-refractivity contribution in [2.45, 2.75) is 40.0 Å². The molecule has 0 unspecified atom stereocenters. The standard InChI is InChI=1S/C11H22N4/c1-11(2,3)9-13-14-10(12)15-7-5-4-6-8-15/h9H,4-8H2,1-3H3,(H2,12,14)/b13-9+. The van der Waals surface area contributed by atoms with Crippen LogP contribution in [0.2, 0.25) is 0 Å². The third-order valence-corrected chi connectivity index (χ3v) is 2.29. The monoisotopic (exact) mass is 210 g/mol. The van der Waals surface area contributed by atoms with Gasteiger partial charge in [0.05, 0.1) is 0 Å². The molecule has 0 spiro atoms. The van der Waals surface area contributed by atoms with E-state index in [0.717, 1.165) is 13.1 Å². The van der Waals surface area contributed by atoms with Gasteiger partial charge in [0.25, 0.3) is 0 Å². The molecule has 86 valence electrons. The van der Waals surface area contributed by atoms with Crippen LogP contribution in [0.15, 0.2) is 5.10 Å². The van der Waals surface area contributed by atoms with E-state index in [1.807, 2.05) is 11.1 Å². The molecule has 1 aliphatic rings. The second-order valence-corrected chi connectivity index (χ2v) is 5.13. The molecule has 1 fully saturated rings. The van der Waals surface area contributed by atoms with Crippen LogP contribution in [-0.2, 0) is 0 Å². The number of piperidine rings is 1. The fourth-order valence-electron chi connectivity index (χ4n) is 1.48. The molecule has 1 rings (SSSR count). The molecule has 4 heteroatoms. The Balaban J connectivity index is 2.32. The lowest BCUT2D eigenvalue weighted by Crippen LogP contribution is -2.41. The van der Waals surface area contributed by atoms with Gasteiger partial charge in [0.1, 0.15) is 0 Å². The lowest BCUT2D eigenvalue weighted by atomic mass is 9.99. The average molecular weight is 210 g/mol. The van der Waals surface area contributed by atoms with E-state index >= 15 is 0 Å². The maximum absolute atomic E-state index is 7.79. The Morgan fingerprint density at radius 1 is 1.27 bits per heavy atom. The van der Waals surface area contributed by atoms with Gasteiger partial charge in [-0.2, -0.15) is 5.10 Å². The Labute approximate surface area is 92.2 Å². The number of guanidine groups is 1. The Morgan fingerprint density at radius 3 is 2.40 bits per heavy atom. The number of rotatable bonds is 1. The van der Waals surface area contributed by atoms with Crippen LogP contribution in [0.5, 0.6) is 0 Å². The average Bonchev–Trinajstić information content (AvgIpc) is 2.17. The van der Waals surface area contributed by atoms with Gasteiger partial charge < -0.3 is 4.90 Å². The number of nitrogens with one attached hydrogen (secondary N) is 2. The fraction of sp³-hybridized carbons (Fsp3) is 0.818. The van der Waals surface area contributed by atoms with E-state index in [1.165, 1.54) is 19.3 Å². The zero-order valence-corrected chi connectivity index (χ0v) is 10.0. The fourth-order valence-corrected chi connectivity index (χ4v) is 1.48. The van der Waals surface area contributed by atoms with Crippen molar-refractivity contribution in [2.75, 3.05) is 13.1 Å². The van der Waals surface area contributed by atoms with Gasteiger partial charge in [-0.15, -0.1) is 0 Å². The molecular formula is C11H22N4. The molecule has 0 amide bonds. The summed E-state index contributed by atoms with van der Waals surface area (Å²) < 4.78 is 0. The summed E-state index contributed by atoms with van der Waals surface area (Å²) in [7, 11) is 0. The summed E-state index contributed by atoms with van der Waals surface area (Å²) in [6.45, 7) is 8.22. The van der Waals surface area contributed by atoms with E-state index in [-0.39, 0.29) is 5.41 Å². The van der Waals surface area contributed by atoms with Crippen LogP contribution < -0.4 is 5.43 Å². The highest BCUT2D eigenvalue weighted by atomic mass is 15.4. The van der Waals surface area contributed by atoms with Crippen molar-refractivity contribution in [2.24, 2.45) is 10.5 Å². The summed E-state index contributed by atoms with van der Waals surface area (Å²) in [6, 6.07) is 0. The van der Waals surface area contributed by atoms with Crippen LogP contribution in [-0.4, -0.2) is 30.2 Å². The molecule has 15 heavy (non-hydrogen) atoms. The minimum Gasteiger partial charge on any atom is -0.342 e. The molecule has 1 heterocycles. The van der Waals surface area contributed by atoms with E-state index < -0.39 is 0 Å². The van der Waals surface area contributed by atoms with Crippen molar-refractivity contribution in [3.8, 4) is 0 Å². The first-order chi connectivity index (χ1) is 6.99. The number of hydrogen-bond acceptors (Lipinski definition) is 2. The highest BCUT2D eigenvalue weighted by Crippen LogP contribution is 2.09. The number of hydrogen-bond donors (Lipinski definition) is 2. The Bertz CT molecular complexity index is 233. The van der Waals surface area contributed by atoms with Crippen molar-refractivity contribution in [1.29, 1.82) is 5.41 Å². The van der Waals surface area contributed by atoms with Crippen molar-refractivity contribution in [1.82, 2.24) is 10.3 Å². The molecule has 1 saturated heterocycles. The molecule has 0 aromatic rings. The maximum atomic E-state index is 7.79. The van der Waals surface area contributed by atoms with Crippen LogP contribution in [0.3, 0.4) is 0 Å². The number of hydrazone groups is 1. The highest BCUT2D eigenvalue weighted by Gasteiger charge is 2.12. The predicted octanol–water partition coefficient (Wildman–Crippen LogP) is 2.03. The molecule has 0 atom stereocenters. The molecule has 0 aromatic carbocycles. The van der Waals surface area contributed by atoms with Crippen LogP contribution in [0.25, 0.3) is 0 Å². The first-order valence-corrected chi connectivity index (χ1v) is 5.63. The van der Waals surface area contributed by atoms with E-state index in [0.29, 0.717) is 5.96 Å². The lowest BCUT2D eigenvalue weighted by molar-refractivity contribution is 0.330. The maximum Gasteiger partial charge on any atom is 0.211 e. The van der Waals surface area contributed by atoms with Gasteiger partial charge in [-0.25, -0.2) is 5.43 Å². The molecule has 0 saturated carbocycles. The molecule has 1 aliphatic heterocycles. The first-order valence-electron chi connectivity index (χ1n) is 5.63. The second kappa shape index (κ2) is 5.14. The largest absolute Gasteiger partial charge is 0.342 e. The van der Waals surface area contributed by atoms with Crippen LogP contribution in [0.1, 0.15) is 40.0 Å². The summed E-state index contributed by atoms with van der Waals surface area (Å²) in [6.07, 6.45) is 5.50. The zero-order chi connectivity index (χ0) is 11.3. The van der Waals surface area contributed by atoms with Crippen molar-refractivity contribution in [3.63, 3.8) is 0 Å². The van der Waals surface area contributed by atoms with Crippen molar-refractivity contribution >= 4 is 12.2 Å². The van der Waals surface area contributed by atoms with E-state index in [9.17, 15) is 0 Å². The quantitative estimate of drug-likeness (QED) is 0.395. The predicted molar refractivity (Wildman–Crippen MR) is 64.2 cm³/mol. The third-order valence-electron chi connectivity index (χ3n) is 2.29. The molecule has 4 nitrogen and oxygen atoms in total. The van der Waals surface area contributed by atoms with Crippen LogP contribution in [0.4, 0.5) is 0 Å². The Morgan fingerprint density at radius 2 is 1.87 bits per heavy atom. The normalized spacial score (nSPS) is 18.2. The topological polar surface area (TPSA) is 51.5 Å². The zero-order valence-electron chi connectivity index (χ0n) is 10.0. The molecule has 0 aromatic heterocycles. The molecule has 0 radical (unpaired) electrons. The molecular weight excluding hydrogens is 188 g/mol. The molecule has 0 bridgehead atoms. The van der Waals surface area contributed by atoms with Gasteiger partial charge in [0.15, 0.2) is 0 Å². The minimum atomic E-state index is 0.0647. The summed E-state index contributed by atoms with van der Waals surface area (Å²) in [4.78, 5) is 2.05. The van der Waals surface area contributed by atoms with E-state index in [1.54, 1.807) is 0 Å². The summed E-state index contributed by atoms with van der Waals surface area (Å²) in [5.41, 5.74) is 2.85. The van der Waals surface area contributed by atoms with Crippen molar-refractivity contribution < 1.29 is 0 Å². The van der Waals surface area contributed by atoms with Crippen molar-refractivity contribution in [3.05, 3.63) is 0 Å². The van der Waals surface area contributed by atoms with Crippen LogP contribution in [0, 0.1) is 10.8 Å². The minimum absolute atomic E-state index is 0.0647. The summed E-state index contributed by atoms with van der Waals surface area (Å²) in [5, 5.41) is 11.9. The molecule has 2 N–H and O–H groups in total. The first kappa shape index (κ1) is 12.0. The highest BCUT2D eigenvalue weighted by molar-refractivity contribution is 5.78. The smallest absolute Gasteiger partial charge is 0.211 e. The second-order valence-electron chi connectivity index (χ2n) is 5.13. The Kier molecular flexibility index (Phi) is 4.12. The number of nitrogens with zero attached hydrogens (tertiary/aromatic N) is 2. The molecule has 0 aliphatic carbocycles. The number of likely N-dealkylation sites (tertiary alicyclic amines) is 1. The summed E-state index contributed by atoms with van der Waals surface area (Å²) in [5.74, 6) is 0.426. The van der Waals surface area contributed by atoms with Gasteiger partial charge in [-0.05, 0) is 24.7 Å². The van der Waals surface area contributed by atoms with Gasteiger partial charge in [0.2, 0.25) is 5.96 Å². The van der Waals surface area contributed by atoms with Gasteiger partial charge >= 0.3 is 0 Å². The lowest BCUT2D eigenvalue weighted by Gasteiger charge is -2.28. The SMILES string of the molecule is CC(C)(C)/C=N/NC(=N)N1CCCCC1. The van der Waals surface area contributed by atoms with E-state index in [2.05, 4.69) is 31.3 Å².